The maximum atomic E-state index is 13.6. The van der Waals surface area contributed by atoms with Gasteiger partial charge in [0, 0.05) is 13.1 Å². The summed E-state index contributed by atoms with van der Waals surface area (Å²) in [6, 6.07) is 13.1. The molecule has 0 saturated carbocycles. The lowest BCUT2D eigenvalue weighted by molar-refractivity contribution is 0.0696. The van der Waals surface area contributed by atoms with Crippen molar-refractivity contribution in [2.45, 2.75) is 26.0 Å². The summed E-state index contributed by atoms with van der Waals surface area (Å²) < 4.78 is 19.3. The van der Waals surface area contributed by atoms with Crippen molar-refractivity contribution in [3.8, 4) is 5.75 Å². The Morgan fingerprint density at radius 2 is 2.04 bits per heavy atom. The second-order valence-corrected chi connectivity index (χ2v) is 5.21. The molecule has 23 heavy (non-hydrogen) atoms. The summed E-state index contributed by atoms with van der Waals surface area (Å²) >= 11 is 0. The molecule has 0 saturated heterocycles. The van der Waals surface area contributed by atoms with Crippen LogP contribution in [0.1, 0.15) is 29.3 Å². The van der Waals surface area contributed by atoms with Gasteiger partial charge >= 0.3 is 5.97 Å². The molecule has 0 amide bonds. The minimum atomic E-state index is -0.943. The highest BCUT2D eigenvalue weighted by Crippen LogP contribution is 2.17. The van der Waals surface area contributed by atoms with Gasteiger partial charge in [0.05, 0.1) is 5.56 Å². The molecule has 0 bridgehead atoms. The van der Waals surface area contributed by atoms with Crippen molar-refractivity contribution in [2.75, 3.05) is 6.54 Å². The SMILES string of the molecule is CCC(CNCc1cccc(C(=O)O)c1)Oc1ccccc1F. The van der Waals surface area contributed by atoms with E-state index >= 15 is 0 Å². The highest BCUT2D eigenvalue weighted by Gasteiger charge is 2.11. The zero-order chi connectivity index (χ0) is 16.7. The van der Waals surface area contributed by atoms with Gasteiger partial charge in [-0.15, -0.1) is 0 Å². The predicted molar refractivity (Wildman–Crippen MR) is 86.2 cm³/mol. The first-order chi connectivity index (χ1) is 11.1. The average Bonchev–Trinajstić information content (AvgIpc) is 2.56. The molecule has 1 atom stereocenters. The first-order valence-electron chi connectivity index (χ1n) is 7.54. The molecule has 0 heterocycles. The first-order valence-corrected chi connectivity index (χ1v) is 7.54. The number of aromatic carboxylic acids is 1. The third-order valence-electron chi connectivity index (χ3n) is 3.46. The molecule has 2 aromatic carbocycles. The van der Waals surface area contributed by atoms with Crippen LogP contribution in [0.3, 0.4) is 0 Å². The summed E-state index contributed by atoms with van der Waals surface area (Å²) in [6.07, 6.45) is 0.575. The second kappa shape index (κ2) is 8.29. The summed E-state index contributed by atoms with van der Waals surface area (Å²) in [4.78, 5) is 10.9. The van der Waals surface area contributed by atoms with E-state index in [1.807, 2.05) is 13.0 Å². The van der Waals surface area contributed by atoms with Crippen LogP contribution in [0.4, 0.5) is 4.39 Å². The summed E-state index contributed by atoms with van der Waals surface area (Å²) in [7, 11) is 0. The Morgan fingerprint density at radius 1 is 1.26 bits per heavy atom. The van der Waals surface area contributed by atoms with Gasteiger partial charge in [-0.3, -0.25) is 0 Å². The number of hydrogen-bond acceptors (Lipinski definition) is 3. The van der Waals surface area contributed by atoms with E-state index in [4.69, 9.17) is 9.84 Å². The summed E-state index contributed by atoms with van der Waals surface area (Å²) in [5, 5.41) is 12.2. The standard InChI is InChI=1S/C18H20FNO3/c1-2-15(23-17-9-4-3-8-16(17)19)12-20-11-13-6-5-7-14(10-13)18(21)22/h3-10,15,20H,2,11-12H2,1H3,(H,21,22). The third kappa shape index (κ3) is 5.07. The quantitative estimate of drug-likeness (QED) is 0.783. The molecule has 4 nitrogen and oxygen atoms in total. The van der Waals surface area contributed by atoms with Crippen LogP contribution >= 0.6 is 0 Å². The number of halogens is 1. The van der Waals surface area contributed by atoms with Crippen molar-refractivity contribution in [3.63, 3.8) is 0 Å². The van der Waals surface area contributed by atoms with E-state index in [-0.39, 0.29) is 23.2 Å². The fourth-order valence-corrected chi connectivity index (χ4v) is 2.18. The van der Waals surface area contributed by atoms with E-state index in [0.717, 1.165) is 12.0 Å². The number of para-hydroxylation sites is 1. The van der Waals surface area contributed by atoms with Crippen molar-refractivity contribution in [2.24, 2.45) is 0 Å². The molecule has 2 N–H and O–H groups in total. The second-order valence-electron chi connectivity index (χ2n) is 5.21. The largest absolute Gasteiger partial charge is 0.486 e. The van der Waals surface area contributed by atoms with Crippen LogP contribution in [-0.4, -0.2) is 23.7 Å². The maximum Gasteiger partial charge on any atom is 0.335 e. The molecule has 2 rings (SSSR count). The molecule has 0 aliphatic carbocycles. The Kier molecular flexibility index (Phi) is 6.11. The molecule has 0 aromatic heterocycles. The Labute approximate surface area is 134 Å². The van der Waals surface area contributed by atoms with E-state index < -0.39 is 5.97 Å². The Balaban J connectivity index is 1.87. The summed E-state index contributed by atoms with van der Waals surface area (Å²) in [6.45, 7) is 3.04. The number of rotatable bonds is 8. The Hall–Kier alpha value is -2.40. The molecule has 1 unspecified atom stereocenters. The molecule has 0 radical (unpaired) electrons. The number of ether oxygens (including phenoxy) is 1. The highest BCUT2D eigenvalue weighted by molar-refractivity contribution is 5.87. The van der Waals surface area contributed by atoms with Gasteiger partial charge in [0.1, 0.15) is 6.10 Å². The average molecular weight is 317 g/mol. The molecule has 0 fully saturated rings. The minimum Gasteiger partial charge on any atom is -0.486 e. The van der Waals surface area contributed by atoms with Gasteiger partial charge in [0.15, 0.2) is 11.6 Å². The van der Waals surface area contributed by atoms with Gasteiger partial charge in [-0.1, -0.05) is 31.2 Å². The van der Waals surface area contributed by atoms with Crippen LogP contribution in [0.5, 0.6) is 5.75 Å². The lowest BCUT2D eigenvalue weighted by Gasteiger charge is -2.18. The molecule has 2 aromatic rings. The van der Waals surface area contributed by atoms with Crippen LogP contribution in [0, 0.1) is 5.82 Å². The topological polar surface area (TPSA) is 58.6 Å². The van der Waals surface area contributed by atoms with Crippen LogP contribution in [0.15, 0.2) is 48.5 Å². The maximum absolute atomic E-state index is 13.6. The number of carboxylic acids is 1. The lowest BCUT2D eigenvalue weighted by Crippen LogP contribution is -2.30. The first kappa shape index (κ1) is 17.0. The molecular formula is C18H20FNO3. The molecular weight excluding hydrogens is 297 g/mol. The number of carbonyl (C=O) groups is 1. The van der Waals surface area contributed by atoms with Crippen molar-refractivity contribution in [3.05, 3.63) is 65.5 Å². The smallest absolute Gasteiger partial charge is 0.335 e. The van der Waals surface area contributed by atoms with Gasteiger partial charge in [0.2, 0.25) is 0 Å². The van der Waals surface area contributed by atoms with Gasteiger partial charge < -0.3 is 15.2 Å². The van der Waals surface area contributed by atoms with Gasteiger partial charge in [-0.2, -0.15) is 0 Å². The normalized spacial score (nSPS) is 11.9. The van der Waals surface area contributed by atoms with Gasteiger partial charge in [-0.05, 0) is 36.2 Å². The minimum absolute atomic E-state index is 0.158. The van der Waals surface area contributed by atoms with Crippen LogP contribution in [0.25, 0.3) is 0 Å². The molecule has 0 aliphatic rings. The summed E-state index contributed by atoms with van der Waals surface area (Å²) in [5.74, 6) is -1.07. The molecule has 122 valence electrons. The lowest BCUT2D eigenvalue weighted by atomic mass is 10.1. The van der Waals surface area contributed by atoms with E-state index in [2.05, 4.69) is 5.32 Å². The highest BCUT2D eigenvalue weighted by atomic mass is 19.1. The monoisotopic (exact) mass is 317 g/mol. The predicted octanol–water partition coefficient (Wildman–Crippen LogP) is 3.47. The zero-order valence-electron chi connectivity index (χ0n) is 13.0. The molecule has 5 heteroatoms. The van der Waals surface area contributed by atoms with Crippen LogP contribution < -0.4 is 10.1 Å². The van der Waals surface area contributed by atoms with Crippen LogP contribution in [0.2, 0.25) is 0 Å². The van der Waals surface area contributed by atoms with Crippen molar-refractivity contribution in [1.29, 1.82) is 0 Å². The van der Waals surface area contributed by atoms with E-state index in [0.29, 0.717) is 13.1 Å². The fraction of sp³-hybridized carbons (Fsp3) is 0.278. The van der Waals surface area contributed by atoms with Gasteiger partial charge in [0.25, 0.3) is 0 Å². The van der Waals surface area contributed by atoms with Crippen molar-refractivity contribution < 1.29 is 19.0 Å². The number of carboxylic acid groups (broad SMARTS) is 1. The van der Waals surface area contributed by atoms with Crippen LogP contribution in [-0.2, 0) is 6.54 Å². The Bertz CT molecular complexity index is 660. The van der Waals surface area contributed by atoms with E-state index in [1.165, 1.54) is 6.07 Å². The molecule has 0 spiro atoms. The third-order valence-corrected chi connectivity index (χ3v) is 3.46. The van der Waals surface area contributed by atoms with Gasteiger partial charge in [-0.25, -0.2) is 9.18 Å². The van der Waals surface area contributed by atoms with E-state index in [9.17, 15) is 9.18 Å². The fourth-order valence-electron chi connectivity index (χ4n) is 2.18. The zero-order valence-corrected chi connectivity index (χ0v) is 13.0. The van der Waals surface area contributed by atoms with Crippen molar-refractivity contribution >= 4 is 5.97 Å². The molecule has 0 aliphatic heterocycles. The Morgan fingerprint density at radius 3 is 2.74 bits per heavy atom. The number of benzene rings is 2. The van der Waals surface area contributed by atoms with Crippen molar-refractivity contribution in [1.82, 2.24) is 5.32 Å². The summed E-state index contributed by atoms with van der Waals surface area (Å²) in [5.41, 5.74) is 1.14. The number of hydrogen-bond donors (Lipinski definition) is 2. The van der Waals surface area contributed by atoms with E-state index in [1.54, 1.807) is 36.4 Å². The number of nitrogens with one attached hydrogen (secondary N) is 1.